The Hall–Kier alpha value is -0.900. The number of nitrogens with two attached hydrogens (primary N) is 1. The zero-order valence-corrected chi connectivity index (χ0v) is 13.2. The lowest BCUT2D eigenvalue weighted by Gasteiger charge is -2.32. The molecule has 2 rings (SSSR count). The van der Waals surface area contributed by atoms with Gasteiger partial charge in [-0.25, -0.2) is 0 Å². The fourth-order valence-corrected chi connectivity index (χ4v) is 3.01. The van der Waals surface area contributed by atoms with E-state index in [0.717, 1.165) is 12.5 Å². The van der Waals surface area contributed by atoms with Gasteiger partial charge in [-0.15, -0.1) is 0 Å². The van der Waals surface area contributed by atoms with Crippen LogP contribution in [0.25, 0.3) is 0 Å². The molecule has 3 heteroatoms. The third-order valence-corrected chi connectivity index (χ3v) is 4.42. The Labute approximate surface area is 123 Å². The topological polar surface area (TPSA) is 32.5 Å². The Morgan fingerprint density at radius 1 is 1.25 bits per heavy atom. The van der Waals surface area contributed by atoms with Gasteiger partial charge in [0, 0.05) is 19.1 Å². The molecule has 1 saturated heterocycles. The zero-order valence-electron chi connectivity index (χ0n) is 13.2. The monoisotopic (exact) mass is 275 g/mol. The third kappa shape index (κ3) is 4.58. The van der Waals surface area contributed by atoms with Crippen molar-refractivity contribution >= 4 is 0 Å². The van der Waals surface area contributed by atoms with E-state index < -0.39 is 0 Å². The average Bonchev–Trinajstić information content (AvgIpc) is 2.42. The van der Waals surface area contributed by atoms with Crippen molar-refractivity contribution in [3.8, 4) is 0 Å². The van der Waals surface area contributed by atoms with Gasteiger partial charge in [-0.05, 0) is 58.4 Å². The molecule has 3 nitrogen and oxygen atoms in total. The van der Waals surface area contributed by atoms with Crippen LogP contribution in [0.5, 0.6) is 0 Å². The number of rotatable bonds is 5. The minimum Gasteiger partial charge on any atom is -0.323 e. The molecular weight excluding hydrogens is 246 g/mol. The minimum absolute atomic E-state index is 0.117. The number of piperidine rings is 1. The van der Waals surface area contributed by atoms with Gasteiger partial charge in [-0.1, -0.05) is 29.8 Å². The van der Waals surface area contributed by atoms with E-state index in [1.807, 2.05) is 0 Å². The summed E-state index contributed by atoms with van der Waals surface area (Å²) in [7, 11) is 4.42. The summed E-state index contributed by atoms with van der Waals surface area (Å²) in [4.78, 5) is 4.83. The second kappa shape index (κ2) is 7.21. The van der Waals surface area contributed by atoms with Gasteiger partial charge in [-0.2, -0.15) is 0 Å². The predicted molar refractivity (Wildman–Crippen MR) is 85.8 cm³/mol. The van der Waals surface area contributed by atoms with E-state index in [2.05, 4.69) is 55.1 Å². The molecule has 20 heavy (non-hydrogen) atoms. The standard InChI is InChI=1S/C17H29N3/c1-14-4-6-16(7-5-14)17(18)13-20(3)12-15-8-10-19(2)11-9-15/h4-7,15,17H,8-13,18H2,1-3H3. The van der Waals surface area contributed by atoms with E-state index >= 15 is 0 Å². The van der Waals surface area contributed by atoms with Crippen LogP contribution in [0.2, 0.25) is 0 Å². The molecule has 1 fully saturated rings. The average molecular weight is 275 g/mol. The molecule has 0 bridgehead atoms. The van der Waals surface area contributed by atoms with Crippen molar-refractivity contribution in [2.75, 3.05) is 40.3 Å². The molecule has 0 amide bonds. The van der Waals surface area contributed by atoms with Crippen molar-refractivity contribution in [3.05, 3.63) is 35.4 Å². The molecule has 0 aromatic heterocycles. The van der Waals surface area contributed by atoms with Gasteiger partial charge >= 0.3 is 0 Å². The first-order valence-electron chi connectivity index (χ1n) is 7.74. The fourth-order valence-electron chi connectivity index (χ4n) is 3.01. The smallest absolute Gasteiger partial charge is 0.0424 e. The van der Waals surface area contributed by atoms with Crippen LogP contribution in [-0.2, 0) is 0 Å². The molecule has 1 atom stereocenters. The number of nitrogens with zero attached hydrogens (tertiary/aromatic N) is 2. The summed E-state index contributed by atoms with van der Waals surface area (Å²) in [5.41, 5.74) is 8.86. The van der Waals surface area contributed by atoms with E-state index in [-0.39, 0.29) is 6.04 Å². The molecule has 0 radical (unpaired) electrons. The van der Waals surface area contributed by atoms with E-state index in [1.165, 1.54) is 43.6 Å². The molecule has 1 unspecified atom stereocenters. The zero-order chi connectivity index (χ0) is 14.5. The highest BCUT2D eigenvalue weighted by atomic mass is 15.1. The highest BCUT2D eigenvalue weighted by Gasteiger charge is 2.19. The lowest BCUT2D eigenvalue weighted by atomic mass is 9.96. The Morgan fingerprint density at radius 2 is 1.85 bits per heavy atom. The lowest BCUT2D eigenvalue weighted by molar-refractivity contribution is 0.172. The van der Waals surface area contributed by atoms with Crippen LogP contribution in [0, 0.1) is 12.8 Å². The van der Waals surface area contributed by atoms with Crippen molar-refractivity contribution in [2.24, 2.45) is 11.7 Å². The number of benzene rings is 1. The Morgan fingerprint density at radius 3 is 2.45 bits per heavy atom. The summed E-state index contributed by atoms with van der Waals surface area (Å²) >= 11 is 0. The van der Waals surface area contributed by atoms with E-state index in [0.29, 0.717) is 0 Å². The van der Waals surface area contributed by atoms with Gasteiger partial charge in [0.15, 0.2) is 0 Å². The van der Waals surface area contributed by atoms with Gasteiger partial charge in [0.2, 0.25) is 0 Å². The molecule has 0 saturated carbocycles. The summed E-state index contributed by atoms with van der Waals surface area (Å²) in [5.74, 6) is 0.835. The Kier molecular flexibility index (Phi) is 5.58. The van der Waals surface area contributed by atoms with Crippen molar-refractivity contribution < 1.29 is 0 Å². The Balaban J connectivity index is 1.78. The van der Waals surface area contributed by atoms with Crippen molar-refractivity contribution in [3.63, 3.8) is 0 Å². The van der Waals surface area contributed by atoms with E-state index in [1.54, 1.807) is 0 Å². The first-order valence-corrected chi connectivity index (χ1v) is 7.74. The maximum Gasteiger partial charge on any atom is 0.0424 e. The second-order valence-corrected chi connectivity index (χ2v) is 6.49. The first kappa shape index (κ1) is 15.5. The number of likely N-dealkylation sites (N-methyl/N-ethyl adjacent to an activating group) is 1. The van der Waals surface area contributed by atoms with Crippen molar-refractivity contribution in [2.45, 2.75) is 25.8 Å². The quantitative estimate of drug-likeness (QED) is 0.895. The first-order chi connectivity index (χ1) is 9.54. The van der Waals surface area contributed by atoms with Crippen LogP contribution in [0.15, 0.2) is 24.3 Å². The summed E-state index contributed by atoms with van der Waals surface area (Å²) in [6, 6.07) is 8.72. The predicted octanol–water partition coefficient (Wildman–Crippen LogP) is 2.27. The molecule has 0 spiro atoms. The highest BCUT2D eigenvalue weighted by molar-refractivity contribution is 5.24. The summed E-state index contributed by atoms with van der Waals surface area (Å²) in [6.07, 6.45) is 2.64. The maximum absolute atomic E-state index is 6.32. The molecular formula is C17H29N3. The fraction of sp³-hybridized carbons (Fsp3) is 0.647. The van der Waals surface area contributed by atoms with Crippen LogP contribution in [-0.4, -0.2) is 50.1 Å². The van der Waals surface area contributed by atoms with Gasteiger partial charge < -0.3 is 15.5 Å². The maximum atomic E-state index is 6.32. The summed E-state index contributed by atoms with van der Waals surface area (Å²) in [5, 5.41) is 0. The molecule has 1 aliphatic rings. The van der Waals surface area contributed by atoms with Gasteiger partial charge in [0.1, 0.15) is 0 Å². The van der Waals surface area contributed by atoms with E-state index in [4.69, 9.17) is 5.73 Å². The van der Waals surface area contributed by atoms with Crippen LogP contribution in [0.3, 0.4) is 0 Å². The third-order valence-electron chi connectivity index (χ3n) is 4.42. The van der Waals surface area contributed by atoms with Gasteiger partial charge in [0.25, 0.3) is 0 Å². The normalized spacial score (nSPS) is 19.4. The SMILES string of the molecule is Cc1ccc(C(N)CN(C)CC2CCN(C)CC2)cc1. The number of hydrogen-bond donors (Lipinski definition) is 1. The molecule has 112 valence electrons. The van der Waals surface area contributed by atoms with Crippen LogP contribution in [0.1, 0.15) is 30.0 Å². The van der Waals surface area contributed by atoms with Crippen molar-refractivity contribution in [1.29, 1.82) is 0 Å². The number of hydrogen-bond acceptors (Lipinski definition) is 3. The lowest BCUT2D eigenvalue weighted by Crippen LogP contribution is -2.38. The van der Waals surface area contributed by atoms with Crippen LogP contribution in [0.4, 0.5) is 0 Å². The van der Waals surface area contributed by atoms with Crippen molar-refractivity contribution in [1.82, 2.24) is 9.80 Å². The minimum atomic E-state index is 0.117. The van der Waals surface area contributed by atoms with Gasteiger partial charge in [0.05, 0.1) is 0 Å². The highest BCUT2D eigenvalue weighted by Crippen LogP contribution is 2.18. The molecule has 1 aromatic carbocycles. The summed E-state index contributed by atoms with van der Waals surface area (Å²) in [6.45, 7) is 6.70. The molecule has 0 aliphatic carbocycles. The molecule has 1 aliphatic heterocycles. The molecule has 1 aromatic rings. The van der Waals surface area contributed by atoms with Crippen LogP contribution < -0.4 is 5.73 Å². The number of likely N-dealkylation sites (tertiary alicyclic amines) is 1. The van der Waals surface area contributed by atoms with Crippen LogP contribution >= 0.6 is 0 Å². The molecule has 1 heterocycles. The molecule has 2 N–H and O–H groups in total. The largest absolute Gasteiger partial charge is 0.323 e. The Bertz CT molecular complexity index is 393. The van der Waals surface area contributed by atoms with E-state index in [9.17, 15) is 0 Å². The number of aryl methyl sites for hydroxylation is 1. The summed E-state index contributed by atoms with van der Waals surface area (Å²) < 4.78 is 0. The second-order valence-electron chi connectivity index (χ2n) is 6.49. The van der Waals surface area contributed by atoms with Gasteiger partial charge in [-0.3, -0.25) is 0 Å².